The second kappa shape index (κ2) is 7.11. The van der Waals surface area contributed by atoms with Crippen molar-refractivity contribution in [1.29, 1.82) is 0 Å². The molecule has 0 spiro atoms. The number of nitrogens with zero attached hydrogens (tertiary/aromatic N) is 4. The van der Waals surface area contributed by atoms with E-state index >= 15 is 0 Å². The Bertz CT molecular complexity index is 827. The summed E-state index contributed by atoms with van der Waals surface area (Å²) >= 11 is 11.9. The number of aromatic nitrogens is 4. The molecule has 0 aromatic carbocycles. The minimum Gasteiger partial charge on any atom is -0.463 e. The van der Waals surface area contributed by atoms with Gasteiger partial charge in [-0.3, -0.25) is 14.2 Å². The van der Waals surface area contributed by atoms with E-state index in [0.29, 0.717) is 17.6 Å². The molecule has 25 heavy (non-hydrogen) atoms. The van der Waals surface area contributed by atoms with Crippen molar-refractivity contribution in [1.82, 2.24) is 19.5 Å². The quantitative estimate of drug-likeness (QED) is 0.444. The molecule has 0 unspecified atom stereocenters. The molecule has 1 fully saturated rings. The number of hydrogen-bond acceptors (Lipinski definition) is 8. The summed E-state index contributed by atoms with van der Waals surface area (Å²) in [4.78, 5) is 34.5. The summed E-state index contributed by atoms with van der Waals surface area (Å²) in [6.07, 6.45) is 0.0913. The maximum absolute atomic E-state index is 11.3. The molecular weight excluding hydrogens is 375 g/mol. The van der Waals surface area contributed by atoms with Crippen LogP contribution in [0.2, 0.25) is 10.4 Å². The Morgan fingerprint density at radius 2 is 2.08 bits per heavy atom. The summed E-state index contributed by atoms with van der Waals surface area (Å²) in [5, 5.41) is 0.102. The van der Waals surface area contributed by atoms with E-state index in [0.717, 1.165) is 0 Å². The minimum absolute atomic E-state index is 0.0229. The van der Waals surface area contributed by atoms with Gasteiger partial charge in [0.15, 0.2) is 10.8 Å². The molecule has 3 heterocycles. The van der Waals surface area contributed by atoms with Gasteiger partial charge in [-0.05, 0) is 11.6 Å². The molecule has 11 heteroatoms. The fourth-order valence-corrected chi connectivity index (χ4v) is 3.05. The van der Waals surface area contributed by atoms with E-state index in [2.05, 4.69) is 15.0 Å². The molecule has 0 aliphatic carbocycles. The molecule has 9 nitrogen and oxygen atoms in total. The predicted octanol–water partition coefficient (Wildman–Crippen LogP) is 1.92. The maximum Gasteiger partial charge on any atom is 0.303 e. The Morgan fingerprint density at radius 3 is 2.76 bits per heavy atom. The van der Waals surface area contributed by atoms with Crippen LogP contribution in [0, 0.1) is 0 Å². The van der Waals surface area contributed by atoms with Gasteiger partial charge < -0.3 is 14.2 Å². The molecule has 1 aliphatic heterocycles. The Hall–Kier alpha value is -1.97. The Labute approximate surface area is 152 Å². The van der Waals surface area contributed by atoms with Gasteiger partial charge in [-0.2, -0.15) is 4.98 Å². The SMILES string of the molecule is CC(=O)OC[C@H]1O[C@H](n2cnc3c(Cl)nc(Cl)nc32)C[C@@H]1OC(C)=O. The van der Waals surface area contributed by atoms with Crippen LogP contribution in [0.5, 0.6) is 0 Å². The number of halogens is 2. The van der Waals surface area contributed by atoms with Crippen LogP contribution >= 0.6 is 23.2 Å². The summed E-state index contributed by atoms with van der Waals surface area (Å²) in [5.74, 6) is -0.904. The van der Waals surface area contributed by atoms with E-state index in [-0.39, 0.29) is 17.0 Å². The molecule has 0 bridgehead atoms. The highest BCUT2D eigenvalue weighted by atomic mass is 35.5. The summed E-state index contributed by atoms with van der Waals surface area (Å²) in [7, 11) is 0. The number of rotatable bonds is 4. The zero-order valence-electron chi connectivity index (χ0n) is 13.3. The summed E-state index contributed by atoms with van der Waals surface area (Å²) < 4.78 is 17.8. The van der Waals surface area contributed by atoms with E-state index in [1.165, 1.54) is 20.2 Å². The van der Waals surface area contributed by atoms with Crippen molar-refractivity contribution in [3.05, 3.63) is 16.8 Å². The molecule has 3 atom stereocenters. The lowest BCUT2D eigenvalue weighted by atomic mass is 10.2. The third-order valence-corrected chi connectivity index (χ3v) is 4.04. The predicted molar refractivity (Wildman–Crippen MR) is 86.1 cm³/mol. The molecule has 1 saturated heterocycles. The lowest BCUT2D eigenvalue weighted by molar-refractivity contribution is -0.155. The van der Waals surface area contributed by atoms with E-state index < -0.39 is 30.4 Å². The lowest BCUT2D eigenvalue weighted by Gasteiger charge is -2.17. The maximum atomic E-state index is 11.3. The van der Waals surface area contributed by atoms with Crippen LogP contribution in [0.15, 0.2) is 6.33 Å². The molecule has 0 saturated carbocycles. The molecule has 0 amide bonds. The first kappa shape index (κ1) is 17.8. The van der Waals surface area contributed by atoms with Gasteiger partial charge in [-0.15, -0.1) is 0 Å². The third-order valence-electron chi connectivity index (χ3n) is 3.61. The fraction of sp³-hybridized carbons (Fsp3) is 0.500. The molecule has 134 valence electrons. The Kier molecular flexibility index (Phi) is 5.07. The van der Waals surface area contributed by atoms with Crippen LogP contribution in [0.4, 0.5) is 0 Å². The van der Waals surface area contributed by atoms with Gasteiger partial charge in [0.2, 0.25) is 5.28 Å². The summed E-state index contributed by atoms with van der Waals surface area (Å²) in [5.41, 5.74) is 0.770. The first-order chi connectivity index (χ1) is 11.8. The van der Waals surface area contributed by atoms with Crippen molar-refractivity contribution in [3.8, 4) is 0 Å². The Balaban J connectivity index is 1.87. The number of esters is 2. The van der Waals surface area contributed by atoms with E-state index in [1.54, 1.807) is 4.57 Å². The zero-order valence-corrected chi connectivity index (χ0v) is 14.8. The van der Waals surface area contributed by atoms with Gasteiger partial charge in [-0.1, -0.05) is 11.6 Å². The van der Waals surface area contributed by atoms with Gasteiger partial charge >= 0.3 is 11.9 Å². The molecule has 1 aliphatic rings. The second-order valence-electron chi connectivity index (χ2n) is 5.42. The largest absolute Gasteiger partial charge is 0.463 e. The summed E-state index contributed by atoms with van der Waals surface area (Å²) in [6.45, 7) is 2.56. The van der Waals surface area contributed by atoms with Gasteiger partial charge in [0.25, 0.3) is 0 Å². The summed E-state index contributed by atoms with van der Waals surface area (Å²) in [6, 6.07) is 0. The van der Waals surface area contributed by atoms with Gasteiger partial charge in [0.05, 0.1) is 6.33 Å². The van der Waals surface area contributed by atoms with Crippen molar-refractivity contribution in [2.45, 2.75) is 38.7 Å². The Morgan fingerprint density at radius 1 is 1.32 bits per heavy atom. The van der Waals surface area contributed by atoms with Crippen molar-refractivity contribution < 1.29 is 23.8 Å². The smallest absolute Gasteiger partial charge is 0.303 e. The van der Waals surface area contributed by atoms with Crippen LogP contribution in [-0.2, 0) is 23.8 Å². The normalized spacial score (nSPS) is 23.0. The van der Waals surface area contributed by atoms with Crippen LogP contribution in [0.3, 0.4) is 0 Å². The number of carbonyl (C=O) groups is 2. The molecule has 0 radical (unpaired) electrons. The first-order valence-corrected chi connectivity index (χ1v) is 8.12. The average molecular weight is 389 g/mol. The third kappa shape index (κ3) is 3.83. The highest BCUT2D eigenvalue weighted by molar-refractivity contribution is 6.35. The number of fused-ring (bicyclic) bond motifs is 1. The standard InChI is InChI=1S/C14H14Cl2N4O5/c1-6(21)23-4-9-8(24-7(2)22)3-10(25-9)20-5-17-11-12(15)18-14(16)19-13(11)20/h5,8-10H,3-4H2,1-2H3/t8-,9+,10-/m0/s1. The van der Waals surface area contributed by atoms with Crippen LogP contribution in [0.1, 0.15) is 26.5 Å². The molecule has 2 aromatic rings. The molecular formula is C14H14Cl2N4O5. The monoisotopic (exact) mass is 388 g/mol. The van der Waals surface area contributed by atoms with Crippen molar-refractivity contribution >= 4 is 46.3 Å². The van der Waals surface area contributed by atoms with Crippen LogP contribution in [0.25, 0.3) is 11.2 Å². The molecule has 0 N–H and O–H groups in total. The van der Waals surface area contributed by atoms with Gasteiger partial charge in [0.1, 0.15) is 30.6 Å². The topological polar surface area (TPSA) is 105 Å². The molecule has 2 aromatic heterocycles. The molecule has 3 rings (SSSR count). The van der Waals surface area contributed by atoms with E-state index in [4.69, 9.17) is 37.4 Å². The fourth-order valence-electron chi connectivity index (χ4n) is 2.63. The van der Waals surface area contributed by atoms with Crippen LogP contribution in [-0.4, -0.2) is 50.3 Å². The lowest BCUT2D eigenvalue weighted by Crippen LogP contribution is -2.31. The number of hydrogen-bond donors (Lipinski definition) is 0. The van der Waals surface area contributed by atoms with Crippen molar-refractivity contribution in [2.24, 2.45) is 0 Å². The zero-order chi connectivity index (χ0) is 18.1. The highest BCUT2D eigenvalue weighted by Crippen LogP contribution is 2.34. The minimum atomic E-state index is -0.608. The number of imidazole rings is 1. The number of carbonyl (C=O) groups excluding carboxylic acids is 2. The second-order valence-corrected chi connectivity index (χ2v) is 6.12. The van der Waals surface area contributed by atoms with Crippen LogP contribution < -0.4 is 0 Å². The van der Waals surface area contributed by atoms with Gasteiger partial charge in [-0.25, -0.2) is 9.97 Å². The van der Waals surface area contributed by atoms with E-state index in [9.17, 15) is 9.59 Å². The van der Waals surface area contributed by atoms with Crippen molar-refractivity contribution in [3.63, 3.8) is 0 Å². The van der Waals surface area contributed by atoms with E-state index in [1.807, 2.05) is 0 Å². The van der Waals surface area contributed by atoms with Gasteiger partial charge in [0, 0.05) is 20.3 Å². The average Bonchev–Trinajstić information content (AvgIpc) is 3.08. The highest BCUT2D eigenvalue weighted by Gasteiger charge is 2.40. The van der Waals surface area contributed by atoms with Crippen molar-refractivity contribution in [2.75, 3.05) is 6.61 Å². The number of ether oxygens (including phenoxy) is 3. The first-order valence-electron chi connectivity index (χ1n) is 7.36.